The van der Waals surface area contributed by atoms with Crippen molar-refractivity contribution in [1.29, 1.82) is 0 Å². The van der Waals surface area contributed by atoms with Gasteiger partial charge in [0, 0.05) is 6.04 Å². The second-order valence-electron chi connectivity index (χ2n) is 5.34. The van der Waals surface area contributed by atoms with Crippen LogP contribution in [0.2, 0.25) is 0 Å². The average Bonchev–Trinajstić information content (AvgIpc) is 2.17. The van der Waals surface area contributed by atoms with Gasteiger partial charge in [0.15, 0.2) is 0 Å². The van der Waals surface area contributed by atoms with Gasteiger partial charge in [-0.05, 0) is 44.6 Å². The van der Waals surface area contributed by atoms with E-state index in [9.17, 15) is 0 Å². The van der Waals surface area contributed by atoms with Gasteiger partial charge in [-0.25, -0.2) is 0 Å². The first-order valence-electron chi connectivity index (χ1n) is 6.31. The molecule has 1 N–H and O–H groups in total. The Hall–Kier alpha value is -0.300. The molecular formula is C14H29N. The number of hydrogen-bond donors (Lipinski definition) is 1. The van der Waals surface area contributed by atoms with Gasteiger partial charge in [-0.1, -0.05) is 33.3 Å². The zero-order chi connectivity index (χ0) is 11.9. The fourth-order valence-electron chi connectivity index (χ4n) is 1.72. The third kappa shape index (κ3) is 5.99. The molecule has 0 rings (SSSR count). The summed E-state index contributed by atoms with van der Waals surface area (Å²) in [5.74, 6) is 0. The van der Waals surface area contributed by atoms with E-state index >= 15 is 0 Å². The highest BCUT2D eigenvalue weighted by Gasteiger charge is 2.26. The number of rotatable bonds is 8. The highest BCUT2D eigenvalue weighted by atomic mass is 14.9. The molecule has 0 aliphatic carbocycles. The van der Waals surface area contributed by atoms with Gasteiger partial charge in [0.1, 0.15) is 0 Å². The zero-order valence-electron chi connectivity index (χ0n) is 11.3. The molecule has 0 aromatic carbocycles. The lowest BCUT2D eigenvalue weighted by molar-refractivity contribution is 0.220. The molecule has 0 radical (unpaired) electrons. The maximum Gasteiger partial charge on any atom is 0.0121 e. The molecule has 0 bridgehead atoms. The van der Waals surface area contributed by atoms with Crippen molar-refractivity contribution >= 4 is 0 Å². The molecule has 0 saturated carbocycles. The molecule has 0 amide bonds. The van der Waals surface area contributed by atoms with E-state index in [1.807, 2.05) is 0 Å². The Bertz CT molecular complexity index is 182. The fraction of sp³-hybridized carbons (Fsp3) is 0.857. The van der Waals surface area contributed by atoms with E-state index < -0.39 is 0 Å². The Labute approximate surface area is 96.3 Å². The summed E-state index contributed by atoms with van der Waals surface area (Å²) >= 11 is 0. The van der Waals surface area contributed by atoms with Crippen molar-refractivity contribution in [3.8, 4) is 0 Å². The lowest BCUT2D eigenvalue weighted by atomic mass is 9.79. The van der Waals surface area contributed by atoms with E-state index in [-0.39, 0.29) is 0 Å². The quantitative estimate of drug-likeness (QED) is 0.595. The Morgan fingerprint density at radius 2 is 1.93 bits per heavy atom. The predicted molar refractivity (Wildman–Crippen MR) is 70.2 cm³/mol. The summed E-state index contributed by atoms with van der Waals surface area (Å²) in [4.78, 5) is 0. The summed E-state index contributed by atoms with van der Waals surface area (Å²) in [5.41, 5.74) is 1.69. The molecule has 0 aromatic heterocycles. The van der Waals surface area contributed by atoms with E-state index in [1.165, 1.54) is 24.8 Å². The minimum atomic E-state index is 0.393. The van der Waals surface area contributed by atoms with Gasteiger partial charge >= 0.3 is 0 Å². The van der Waals surface area contributed by atoms with Crippen LogP contribution in [0.4, 0.5) is 0 Å². The van der Waals surface area contributed by atoms with Crippen LogP contribution in [0.1, 0.15) is 60.3 Å². The standard InChI is InChI=1S/C14H29N/c1-7-11-15-13(10-9-12(3)4)14(5,6)8-2/h13,15H,3,7-11H2,1-2,4-6H3. The topological polar surface area (TPSA) is 12.0 Å². The molecule has 1 atom stereocenters. The van der Waals surface area contributed by atoms with E-state index in [0.717, 1.165) is 13.0 Å². The number of allylic oxidation sites excluding steroid dienone is 1. The van der Waals surface area contributed by atoms with Crippen molar-refractivity contribution in [1.82, 2.24) is 5.32 Å². The Kier molecular flexibility index (Phi) is 6.91. The largest absolute Gasteiger partial charge is 0.313 e. The molecule has 1 nitrogen and oxygen atoms in total. The van der Waals surface area contributed by atoms with Crippen LogP contribution in [0, 0.1) is 5.41 Å². The maximum absolute atomic E-state index is 3.99. The van der Waals surface area contributed by atoms with Crippen LogP contribution in [-0.4, -0.2) is 12.6 Å². The molecular weight excluding hydrogens is 182 g/mol. The summed E-state index contributed by atoms with van der Waals surface area (Å²) in [6.07, 6.45) is 4.80. The lowest BCUT2D eigenvalue weighted by Gasteiger charge is -2.34. The van der Waals surface area contributed by atoms with Crippen molar-refractivity contribution < 1.29 is 0 Å². The highest BCUT2D eigenvalue weighted by molar-refractivity contribution is 4.92. The van der Waals surface area contributed by atoms with Crippen molar-refractivity contribution in [3.05, 3.63) is 12.2 Å². The summed E-state index contributed by atoms with van der Waals surface area (Å²) in [6, 6.07) is 0.624. The zero-order valence-corrected chi connectivity index (χ0v) is 11.3. The molecule has 0 aliphatic heterocycles. The monoisotopic (exact) mass is 211 g/mol. The van der Waals surface area contributed by atoms with Crippen LogP contribution in [-0.2, 0) is 0 Å². The second-order valence-corrected chi connectivity index (χ2v) is 5.34. The molecule has 0 aliphatic rings. The van der Waals surface area contributed by atoms with Gasteiger partial charge in [-0.2, -0.15) is 0 Å². The van der Waals surface area contributed by atoms with Gasteiger partial charge in [0.2, 0.25) is 0 Å². The Balaban J connectivity index is 4.23. The number of nitrogens with one attached hydrogen (secondary N) is 1. The van der Waals surface area contributed by atoms with Crippen molar-refractivity contribution in [3.63, 3.8) is 0 Å². The van der Waals surface area contributed by atoms with E-state index in [2.05, 4.69) is 46.5 Å². The van der Waals surface area contributed by atoms with Crippen LogP contribution in [0.3, 0.4) is 0 Å². The van der Waals surface area contributed by atoms with Gasteiger partial charge in [0.05, 0.1) is 0 Å². The van der Waals surface area contributed by atoms with Crippen LogP contribution in [0.15, 0.2) is 12.2 Å². The first-order chi connectivity index (χ1) is 6.94. The van der Waals surface area contributed by atoms with E-state index in [1.54, 1.807) is 0 Å². The van der Waals surface area contributed by atoms with E-state index in [0.29, 0.717) is 11.5 Å². The third-order valence-corrected chi connectivity index (χ3v) is 3.36. The summed E-state index contributed by atoms with van der Waals surface area (Å²) in [6.45, 7) is 16.5. The molecule has 1 unspecified atom stereocenters. The van der Waals surface area contributed by atoms with Crippen LogP contribution in [0.25, 0.3) is 0 Å². The normalized spacial score (nSPS) is 13.9. The summed E-state index contributed by atoms with van der Waals surface area (Å²) in [7, 11) is 0. The predicted octanol–water partition coefficient (Wildman–Crippen LogP) is 4.15. The van der Waals surface area contributed by atoms with Crippen molar-refractivity contribution in [2.24, 2.45) is 5.41 Å². The molecule has 90 valence electrons. The van der Waals surface area contributed by atoms with E-state index in [4.69, 9.17) is 0 Å². The minimum absolute atomic E-state index is 0.393. The fourth-order valence-corrected chi connectivity index (χ4v) is 1.72. The van der Waals surface area contributed by atoms with Gasteiger partial charge < -0.3 is 5.32 Å². The summed E-state index contributed by atoms with van der Waals surface area (Å²) < 4.78 is 0. The molecule has 0 aromatic rings. The molecule has 0 heterocycles. The van der Waals surface area contributed by atoms with Crippen LogP contribution in [0.5, 0.6) is 0 Å². The maximum atomic E-state index is 3.99. The Morgan fingerprint density at radius 1 is 1.33 bits per heavy atom. The minimum Gasteiger partial charge on any atom is -0.313 e. The number of hydrogen-bond acceptors (Lipinski definition) is 1. The highest BCUT2D eigenvalue weighted by Crippen LogP contribution is 2.28. The average molecular weight is 211 g/mol. The molecule has 0 saturated heterocycles. The SMILES string of the molecule is C=C(C)CCC(NCCC)C(C)(C)CC. The van der Waals surface area contributed by atoms with Crippen LogP contribution >= 0.6 is 0 Å². The van der Waals surface area contributed by atoms with Gasteiger partial charge in [-0.3, -0.25) is 0 Å². The second kappa shape index (κ2) is 7.05. The third-order valence-electron chi connectivity index (χ3n) is 3.36. The molecule has 0 fully saturated rings. The van der Waals surface area contributed by atoms with Crippen molar-refractivity contribution in [2.75, 3.05) is 6.54 Å². The first kappa shape index (κ1) is 14.7. The van der Waals surface area contributed by atoms with Crippen molar-refractivity contribution in [2.45, 2.75) is 66.3 Å². The van der Waals surface area contributed by atoms with Crippen LogP contribution < -0.4 is 5.32 Å². The molecule has 1 heteroatoms. The van der Waals surface area contributed by atoms with Gasteiger partial charge in [-0.15, -0.1) is 6.58 Å². The smallest absolute Gasteiger partial charge is 0.0121 e. The van der Waals surface area contributed by atoms with Gasteiger partial charge in [0.25, 0.3) is 0 Å². The molecule has 15 heavy (non-hydrogen) atoms. The lowest BCUT2D eigenvalue weighted by Crippen LogP contribution is -2.42. The molecule has 0 spiro atoms. The first-order valence-corrected chi connectivity index (χ1v) is 6.31. The Morgan fingerprint density at radius 3 is 2.33 bits per heavy atom. The summed E-state index contributed by atoms with van der Waals surface area (Å²) in [5, 5.41) is 3.67.